The van der Waals surface area contributed by atoms with Crippen molar-refractivity contribution in [3.8, 4) is 0 Å². The molecule has 1 amide bonds. The van der Waals surface area contributed by atoms with E-state index in [1.807, 2.05) is 25.3 Å². The normalized spacial score (nSPS) is 11.9. The molecule has 0 fully saturated rings. The predicted octanol–water partition coefficient (Wildman–Crippen LogP) is 1.92. The van der Waals surface area contributed by atoms with Gasteiger partial charge >= 0.3 is 5.97 Å². The van der Waals surface area contributed by atoms with Crippen molar-refractivity contribution in [2.24, 2.45) is 0 Å². The zero-order valence-corrected chi connectivity index (χ0v) is 10.8. The molecule has 0 unspecified atom stereocenters. The predicted molar refractivity (Wildman–Crippen MR) is 67.5 cm³/mol. The van der Waals surface area contributed by atoms with E-state index >= 15 is 0 Å². The highest BCUT2D eigenvalue weighted by molar-refractivity contribution is 7.98. The van der Waals surface area contributed by atoms with Gasteiger partial charge in [0, 0.05) is 10.5 Å². The van der Waals surface area contributed by atoms with Crippen LogP contribution in [0.3, 0.4) is 0 Å². The second-order valence-electron chi connectivity index (χ2n) is 3.71. The standard InChI is InChI=1S/C12H15NO3S/c1-7-4-5-9(17-3)6-10(7)11(14)13-8(2)12(15)16/h4-6,8H,1-3H3,(H,13,14)(H,15,16)/t8-/m0/s1. The van der Waals surface area contributed by atoms with Crippen LogP contribution in [0.2, 0.25) is 0 Å². The van der Waals surface area contributed by atoms with Gasteiger partial charge in [-0.2, -0.15) is 0 Å². The number of nitrogens with one attached hydrogen (secondary N) is 1. The van der Waals surface area contributed by atoms with Gasteiger partial charge in [0.2, 0.25) is 0 Å². The average molecular weight is 253 g/mol. The Bertz CT molecular complexity index is 445. The first-order chi connectivity index (χ1) is 7.95. The van der Waals surface area contributed by atoms with Crippen LogP contribution >= 0.6 is 11.8 Å². The quantitative estimate of drug-likeness (QED) is 0.804. The van der Waals surface area contributed by atoms with E-state index in [4.69, 9.17) is 5.11 Å². The van der Waals surface area contributed by atoms with Crippen LogP contribution in [-0.2, 0) is 4.79 Å². The Labute approximate surface area is 104 Å². The molecule has 0 radical (unpaired) electrons. The molecule has 17 heavy (non-hydrogen) atoms. The van der Waals surface area contributed by atoms with E-state index in [1.165, 1.54) is 18.7 Å². The number of carbonyl (C=O) groups is 2. The molecule has 2 N–H and O–H groups in total. The summed E-state index contributed by atoms with van der Waals surface area (Å²) in [4.78, 5) is 23.5. The maximum Gasteiger partial charge on any atom is 0.325 e. The molecule has 0 saturated carbocycles. The molecule has 0 heterocycles. The Morgan fingerprint density at radius 2 is 2.06 bits per heavy atom. The molecule has 0 aliphatic carbocycles. The van der Waals surface area contributed by atoms with Crippen LogP contribution in [0.25, 0.3) is 0 Å². The number of hydrogen-bond acceptors (Lipinski definition) is 3. The molecule has 0 aliphatic rings. The first-order valence-electron chi connectivity index (χ1n) is 5.14. The van der Waals surface area contributed by atoms with Crippen molar-refractivity contribution in [2.45, 2.75) is 24.8 Å². The third kappa shape index (κ3) is 3.49. The highest BCUT2D eigenvalue weighted by Gasteiger charge is 2.16. The molecule has 0 aromatic heterocycles. The van der Waals surface area contributed by atoms with Gasteiger partial charge in [-0.05, 0) is 37.8 Å². The lowest BCUT2D eigenvalue weighted by Gasteiger charge is -2.11. The molecule has 4 nitrogen and oxygen atoms in total. The third-order valence-electron chi connectivity index (χ3n) is 2.41. The highest BCUT2D eigenvalue weighted by Crippen LogP contribution is 2.19. The molecule has 1 atom stereocenters. The van der Waals surface area contributed by atoms with Gasteiger partial charge in [-0.3, -0.25) is 9.59 Å². The number of thioether (sulfide) groups is 1. The lowest BCUT2D eigenvalue weighted by atomic mass is 10.1. The van der Waals surface area contributed by atoms with Crippen molar-refractivity contribution in [3.05, 3.63) is 29.3 Å². The molecule has 1 aromatic carbocycles. The maximum absolute atomic E-state index is 11.9. The minimum Gasteiger partial charge on any atom is -0.480 e. The molecular weight excluding hydrogens is 238 g/mol. The molecule has 0 bridgehead atoms. The smallest absolute Gasteiger partial charge is 0.325 e. The van der Waals surface area contributed by atoms with Gasteiger partial charge in [-0.25, -0.2) is 0 Å². The zero-order chi connectivity index (χ0) is 13.0. The van der Waals surface area contributed by atoms with Crippen molar-refractivity contribution in [1.82, 2.24) is 5.32 Å². The minimum absolute atomic E-state index is 0.353. The van der Waals surface area contributed by atoms with E-state index in [9.17, 15) is 9.59 Å². The van der Waals surface area contributed by atoms with Crippen molar-refractivity contribution in [3.63, 3.8) is 0 Å². The van der Waals surface area contributed by atoms with Crippen LogP contribution < -0.4 is 5.32 Å². The van der Waals surface area contributed by atoms with E-state index < -0.39 is 12.0 Å². The molecule has 92 valence electrons. The number of aryl methyl sites for hydroxylation is 1. The first kappa shape index (κ1) is 13.6. The summed E-state index contributed by atoms with van der Waals surface area (Å²) < 4.78 is 0. The van der Waals surface area contributed by atoms with Crippen LogP contribution in [0.4, 0.5) is 0 Å². The second-order valence-corrected chi connectivity index (χ2v) is 4.59. The van der Waals surface area contributed by atoms with E-state index in [0.717, 1.165) is 10.5 Å². The molecule has 0 spiro atoms. The fraction of sp³-hybridized carbons (Fsp3) is 0.333. The summed E-state index contributed by atoms with van der Waals surface area (Å²) in [7, 11) is 0. The summed E-state index contributed by atoms with van der Waals surface area (Å²) in [6, 6.07) is 4.66. The Balaban J connectivity index is 2.91. The molecular formula is C12H15NO3S. The Hall–Kier alpha value is -1.49. The number of aliphatic carboxylic acids is 1. The van der Waals surface area contributed by atoms with Crippen molar-refractivity contribution in [2.75, 3.05) is 6.26 Å². The van der Waals surface area contributed by atoms with Crippen molar-refractivity contribution in [1.29, 1.82) is 0 Å². The number of benzene rings is 1. The zero-order valence-electron chi connectivity index (χ0n) is 9.98. The van der Waals surface area contributed by atoms with E-state index in [-0.39, 0.29) is 5.91 Å². The fourth-order valence-corrected chi connectivity index (χ4v) is 1.75. The van der Waals surface area contributed by atoms with E-state index in [2.05, 4.69) is 5.32 Å². The SMILES string of the molecule is CSc1ccc(C)c(C(=O)N[C@@H](C)C(=O)O)c1. The van der Waals surface area contributed by atoms with E-state index in [0.29, 0.717) is 5.56 Å². The average Bonchev–Trinajstić information content (AvgIpc) is 2.29. The first-order valence-corrected chi connectivity index (χ1v) is 6.36. The summed E-state index contributed by atoms with van der Waals surface area (Å²) in [5.74, 6) is -1.40. The summed E-state index contributed by atoms with van der Waals surface area (Å²) in [6.07, 6.45) is 1.92. The number of amides is 1. The number of carboxylic acids is 1. The van der Waals surface area contributed by atoms with Crippen LogP contribution in [0.15, 0.2) is 23.1 Å². The van der Waals surface area contributed by atoms with Crippen LogP contribution in [-0.4, -0.2) is 29.3 Å². The van der Waals surface area contributed by atoms with Gasteiger partial charge in [0.05, 0.1) is 0 Å². The van der Waals surface area contributed by atoms with Gasteiger partial charge in [0.25, 0.3) is 5.91 Å². The fourth-order valence-electron chi connectivity index (χ4n) is 1.31. The Morgan fingerprint density at radius 3 is 2.59 bits per heavy atom. The van der Waals surface area contributed by atoms with Gasteiger partial charge in [0.15, 0.2) is 0 Å². The third-order valence-corrected chi connectivity index (χ3v) is 3.13. The summed E-state index contributed by atoms with van der Waals surface area (Å²) in [6.45, 7) is 3.26. The van der Waals surface area contributed by atoms with Crippen molar-refractivity contribution >= 4 is 23.6 Å². The van der Waals surface area contributed by atoms with Gasteiger partial charge in [0.1, 0.15) is 6.04 Å². The van der Waals surface area contributed by atoms with Gasteiger partial charge < -0.3 is 10.4 Å². The monoisotopic (exact) mass is 253 g/mol. The molecule has 1 rings (SSSR count). The lowest BCUT2D eigenvalue weighted by Crippen LogP contribution is -2.38. The number of hydrogen-bond donors (Lipinski definition) is 2. The van der Waals surface area contributed by atoms with Crippen LogP contribution in [0, 0.1) is 6.92 Å². The van der Waals surface area contributed by atoms with E-state index in [1.54, 1.807) is 6.07 Å². The summed E-state index contributed by atoms with van der Waals surface area (Å²) in [5, 5.41) is 11.2. The van der Waals surface area contributed by atoms with Gasteiger partial charge in [-0.15, -0.1) is 11.8 Å². The molecule has 0 aliphatic heterocycles. The highest BCUT2D eigenvalue weighted by atomic mass is 32.2. The minimum atomic E-state index is -1.04. The summed E-state index contributed by atoms with van der Waals surface area (Å²) >= 11 is 1.54. The molecule has 5 heteroatoms. The number of rotatable bonds is 4. The summed E-state index contributed by atoms with van der Waals surface area (Å²) in [5.41, 5.74) is 1.35. The number of carboxylic acid groups (broad SMARTS) is 1. The number of carbonyl (C=O) groups excluding carboxylic acids is 1. The van der Waals surface area contributed by atoms with Crippen molar-refractivity contribution < 1.29 is 14.7 Å². The van der Waals surface area contributed by atoms with Crippen LogP contribution in [0.5, 0.6) is 0 Å². The Morgan fingerprint density at radius 1 is 1.41 bits per heavy atom. The topological polar surface area (TPSA) is 66.4 Å². The maximum atomic E-state index is 11.9. The second kappa shape index (κ2) is 5.72. The lowest BCUT2D eigenvalue weighted by molar-refractivity contribution is -0.138. The largest absolute Gasteiger partial charge is 0.480 e. The van der Waals surface area contributed by atoms with Crippen LogP contribution in [0.1, 0.15) is 22.8 Å². The molecule has 1 aromatic rings. The Kier molecular flexibility index (Phi) is 4.57. The van der Waals surface area contributed by atoms with Gasteiger partial charge in [-0.1, -0.05) is 6.07 Å². The molecule has 0 saturated heterocycles.